The van der Waals surface area contributed by atoms with Gasteiger partial charge in [0.1, 0.15) is 6.04 Å². The van der Waals surface area contributed by atoms with Gasteiger partial charge in [-0.25, -0.2) is 0 Å². The zero-order valence-electron chi connectivity index (χ0n) is 11.1. The van der Waals surface area contributed by atoms with Gasteiger partial charge in [-0.15, -0.1) is 0 Å². The lowest BCUT2D eigenvalue weighted by molar-refractivity contribution is -0.146. The maximum Gasteiger partial charge on any atom is 0.408 e. The number of nitrogens with one attached hydrogen (secondary N) is 2. The molecule has 1 fully saturated rings. The highest BCUT2D eigenvalue weighted by molar-refractivity contribution is 5.90. The Hall–Kier alpha value is -1.72. The van der Waals surface area contributed by atoms with Crippen molar-refractivity contribution in [3.8, 4) is 0 Å². The molecule has 0 spiro atoms. The molecule has 2 rings (SSSR count). The second-order valence-electron chi connectivity index (χ2n) is 4.98. The zero-order valence-corrected chi connectivity index (χ0v) is 11.1. The summed E-state index contributed by atoms with van der Waals surface area (Å²) < 4.78 is 38.6. The predicted molar refractivity (Wildman–Crippen MR) is 71.6 cm³/mol. The molecular formula is C14H17F3N2O. The van der Waals surface area contributed by atoms with E-state index in [1.165, 1.54) is 0 Å². The van der Waals surface area contributed by atoms with Crippen LogP contribution in [0.15, 0.2) is 24.3 Å². The summed E-state index contributed by atoms with van der Waals surface area (Å²) in [5, 5.41) is 5.19. The van der Waals surface area contributed by atoms with Crippen molar-refractivity contribution < 1.29 is 18.0 Å². The second kappa shape index (κ2) is 5.73. The Bertz CT molecular complexity index is 466. The van der Waals surface area contributed by atoms with Crippen molar-refractivity contribution >= 4 is 17.3 Å². The van der Waals surface area contributed by atoms with Crippen molar-refractivity contribution in [2.45, 2.75) is 38.4 Å². The van der Waals surface area contributed by atoms with Crippen LogP contribution in [0.3, 0.4) is 0 Å². The Morgan fingerprint density at radius 3 is 2.25 bits per heavy atom. The number of hydrogen-bond donors (Lipinski definition) is 2. The number of rotatable bonds is 5. The van der Waals surface area contributed by atoms with Crippen LogP contribution in [0.4, 0.5) is 24.5 Å². The van der Waals surface area contributed by atoms with Crippen LogP contribution in [0.5, 0.6) is 0 Å². The van der Waals surface area contributed by atoms with Crippen LogP contribution in [0.1, 0.15) is 26.2 Å². The second-order valence-corrected chi connectivity index (χ2v) is 4.98. The smallest absolute Gasteiger partial charge is 0.374 e. The van der Waals surface area contributed by atoms with Crippen LogP contribution in [-0.4, -0.2) is 18.1 Å². The first-order chi connectivity index (χ1) is 9.40. The van der Waals surface area contributed by atoms with Gasteiger partial charge in [0.15, 0.2) is 0 Å². The highest BCUT2D eigenvalue weighted by Crippen LogP contribution is 2.41. The summed E-state index contributed by atoms with van der Waals surface area (Å²) in [6.45, 7) is 1.73. The van der Waals surface area contributed by atoms with E-state index in [9.17, 15) is 18.0 Å². The minimum atomic E-state index is -4.24. The number of carbonyl (C=O) groups excluding carboxylic acids is 1. The van der Waals surface area contributed by atoms with Crippen molar-refractivity contribution in [3.05, 3.63) is 24.3 Å². The summed E-state index contributed by atoms with van der Waals surface area (Å²) in [5.74, 6) is -0.452. The van der Waals surface area contributed by atoms with Crippen LogP contribution < -0.4 is 10.6 Å². The fourth-order valence-corrected chi connectivity index (χ4v) is 1.98. The predicted octanol–water partition coefficient (Wildman–Crippen LogP) is 3.79. The minimum absolute atomic E-state index is 0.128. The number of anilines is 2. The van der Waals surface area contributed by atoms with Gasteiger partial charge in [-0.3, -0.25) is 4.79 Å². The first-order valence-corrected chi connectivity index (χ1v) is 6.63. The third-order valence-electron chi connectivity index (χ3n) is 3.26. The molecular weight excluding hydrogens is 269 g/mol. The van der Waals surface area contributed by atoms with Crippen molar-refractivity contribution in [1.82, 2.24) is 0 Å². The number of alkyl halides is 3. The van der Waals surface area contributed by atoms with Gasteiger partial charge in [0.05, 0.1) is 0 Å². The molecule has 1 saturated carbocycles. The van der Waals surface area contributed by atoms with Gasteiger partial charge in [0, 0.05) is 17.8 Å². The van der Waals surface area contributed by atoms with Crippen LogP contribution in [0, 0.1) is 5.92 Å². The molecule has 1 aliphatic carbocycles. The van der Waals surface area contributed by atoms with Crippen LogP contribution >= 0.6 is 0 Å². The monoisotopic (exact) mass is 286 g/mol. The van der Waals surface area contributed by atoms with Crippen molar-refractivity contribution in [2.75, 3.05) is 10.6 Å². The van der Waals surface area contributed by atoms with Crippen LogP contribution in [0.2, 0.25) is 0 Å². The van der Waals surface area contributed by atoms with Crippen molar-refractivity contribution in [2.24, 2.45) is 5.92 Å². The summed E-state index contributed by atoms with van der Waals surface area (Å²) in [5.41, 5.74) is 0.992. The molecule has 0 radical (unpaired) electrons. The molecule has 1 atom stereocenters. The lowest BCUT2D eigenvalue weighted by atomic mass is 10.1. The van der Waals surface area contributed by atoms with Crippen molar-refractivity contribution in [3.63, 3.8) is 0 Å². The largest absolute Gasteiger partial charge is 0.408 e. The van der Waals surface area contributed by atoms with E-state index >= 15 is 0 Å². The molecule has 0 bridgehead atoms. The molecule has 1 aliphatic rings. The van der Waals surface area contributed by atoms with E-state index in [0.717, 1.165) is 0 Å². The van der Waals surface area contributed by atoms with Crippen LogP contribution in [0.25, 0.3) is 0 Å². The molecule has 1 amide bonds. The van der Waals surface area contributed by atoms with E-state index in [2.05, 4.69) is 10.6 Å². The Morgan fingerprint density at radius 2 is 1.80 bits per heavy atom. The maximum atomic E-state index is 12.9. The summed E-state index contributed by atoms with van der Waals surface area (Å²) >= 11 is 0. The average Bonchev–Trinajstić information content (AvgIpc) is 3.20. The first-order valence-electron chi connectivity index (χ1n) is 6.63. The Morgan fingerprint density at radius 1 is 1.25 bits per heavy atom. The normalized spacial score (nSPS) is 16.6. The number of amides is 1. The van der Waals surface area contributed by atoms with Gasteiger partial charge >= 0.3 is 6.18 Å². The molecule has 1 aromatic carbocycles. The zero-order chi connectivity index (χ0) is 14.8. The molecule has 6 heteroatoms. The minimum Gasteiger partial charge on any atom is -0.374 e. The number of benzene rings is 1. The topological polar surface area (TPSA) is 41.1 Å². The fraction of sp³-hybridized carbons (Fsp3) is 0.500. The average molecular weight is 286 g/mol. The van der Waals surface area contributed by atoms with E-state index in [-0.39, 0.29) is 11.8 Å². The molecule has 20 heavy (non-hydrogen) atoms. The standard InChI is InChI=1S/C14H17F3N2O/c1-2-12(20)18-10-5-7-11(8-6-10)19-13(9-3-4-9)14(15,16)17/h5-9,13,19H,2-4H2,1H3,(H,18,20). The molecule has 110 valence electrons. The Balaban J connectivity index is 2.00. The SMILES string of the molecule is CCC(=O)Nc1ccc(NC(C2CC2)C(F)(F)F)cc1. The van der Waals surface area contributed by atoms with Gasteiger partial charge < -0.3 is 10.6 Å². The van der Waals surface area contributed by atoms with Gasteiger partial charge in [-0.1, -0.05) is 6.92 Å². The summed E-state index contributed by atoms with van der Waals surface area (Å²) in [6, 6.07) is 4.80. The lowest BCUT2D eigenvalue weighted by Gasteiger charge is -2.22. The third-order valence-corrected chi connectivity index (χ3v) is 3.26. The van der Waals surface area contributed by atoms with E-state index in [1.54, 1.807) is 31.2 Å². The van der Waals surface area contributed by atoms with E-state index < -0.39 is 12.2 Å². The molecule has 2 N–H and O–H groups in total. The van der Waals surface area contributed by atoms with Gasteiger partial charge in [-0.2, -0.15) is 13.2 Å². The van der Waals surface area contributed by atoms with E-state index in [0.29, 0.717) is 30.6 Å². The number of halogens is 3. The summed E-state index contributed by atoms with van der Waals surface area (Å²) in [4.78, 5) is 11.2. The van der Waals surface area contributed by atoms with Gasteiger partial charge in [-0.05, 0) is 43.0 Å². The highest BCUT2D eigenvalue weighted by atomic mass is 19.4. The molecule has 1 aromatic rings. The molecule has 0 aromatic heterocycles. The quantitative estimate of drug-likeness (QED) is 0.864. The lowest BCUT2D eigenvalue weighted by Crippen LogP contribution is -2.38. The third kappa shape index (κ3) is 3.88. The van der Waals surface area contributed by atoms with E-state index in [1.807, 2.05) is 0 Å². The Labute approximate surface area is 115 Å². The number of carbonyl (C=O) groups is 1. The van der Waals surface area contributed by atoms with Crippen LogP contribution in [-0.2, 0) is 4.79 Å². The summed E-state index contributed by atoms with van der Waals surface area (Å²) in [7, 11) is 0. The maximum absolute atomic E-state index is 12.9. The molecule has 3 nitrogen and oxygen atoms in total. The van der Waals surface area contributed by atoms with Crippen molar-refractivity contribution in [1.29, 1.82) is 0 Å². The summed E-state index contributed by atoms with van der Waals surface area (Å²) in [6.07, 6.45) is -2.66. The molecule has 0 heterocycles. The van der Waals surface area contributed by atoms with Gasteiger partial charge in [0.25, 0.3) is 0 Å². The molecule has 0 aliphatic heterocycles. The van der Waals surface area contributed by atoms with E-state index in [4.69, 9.17) is 0 Å². The fourth-order valence-electron chi connectivity index (χ4n) is 1.98. The number of hydrogen-bond acceptors (Lipinski definition) is 2. The molecule has 0 saturated heterocycles. The Kier molecular flexibility index (Phi) is 4.20. The molecule has 1 unspecified atom stereocenters. The highest BCUT2D eigenvalue weighted by Gasteiger charge is 2.48. The first kappa shape index (κ1) is 14.7. The van der Waals surface area contributed by atoms with Gasteiger partial charge in [0.2, 0.25) is 5.91 Å².